The Morgan fingerprint density at radius 3 is 2.76 bits per heavy atom. The molecule has 0 saturated heterocycles. The summed E-state index contributed by atoms with van der Waals surface area (Å²) in [6.45, 7) is 6.20. The molecule has 0 aliphatic heterocycles. The lowest BCUT2D eigenvalue weighted by Crippen LogP contribution is -2.04. The number of nitrogens with zero attached hydrogens (tertiary/aromatic N) is 5. The number of halogens is 1. The Morgan fingerprint density at radius 2 is 2.00 bits per heavy atom. The Kier molecular flexibility index (Phi) is 3.95. The first-order valence-electron chi connectivity index (χ1n) is 6.56. The second kappa shape index (κ2) is 5.73. The second-order valence-corrected chi connectivity index (χ2v) is 6.81. The standard InChI is InChI=1S/C14H14BrN5S/c1-8(2)20-9(3)18-19-14(20)21-13-11-6-10(15)4-5-12(11)16-7-17-13/h4-8H,1-3H3. The van der Waals surface area contributed by atoms with Crippen molar-refractivity contribution in [2.75, 3.05) is 0 Å². The first kappa shape index (κ1) is 14.5. The molecule has 3 rings (SSSR count). The molecule has 0 N–H and O–H groups in total. The highest BCUT2D eigenvalue weighted by Gasteiger charge is 2.15. The molecule has 0 atom stereocenters. The molecule has 3 aromatic rings. The topological polar surface area (TPSA) is 56.5 Å². The summed E-state index contributed by atoms with van der Waals surface area (Å²) < 4.78 is 3.12. The van der Waals surface area contributed by atoms with Gasteiger partial charge in [0.15, 0.2) is 5.16 Å². The Hall–Kier alpha value is -1.47. The van der Waals surface area contributed by atoms with Crippen molar-refractivity contribution in [3.8, 4) is 0 Å². The number of hydrogen-bond acceptors (Lipinski definition) is 5. The van der Waals surface area contributed by atoms with Crippen LogP contribution in [0.2, 0.25) is 0 Å². The Bertz CT molecular complexity index is 799. The fourth-order valence-electron chi connectivity index (χ4n) is 2.19. The lowest BCUT2D eigenvalue weighted by Gasteiger charge is -2.12. The molecular formula is C14H14BrN5S. The minimum absolute atomic E-state index is 0.308. The maximum Gasteiger partial charge on any atom is 0.197 e. The Morgan fingerprint density at radius 1 is 1.19 bits per heavy atom. The van der Waals surface area contributed by atoms with Crippen molar-refractivity contribution in [3.63, 3.8) is 0 Å². The maximum absolute atomic E-state index is 4.40. The van der Waals surface area contributed by atoms with E-state index in [4.69, 9.17) is 0 Å². The van der Waals surface area contributed by atoms with Crippen molar-refractivity contribution in [3.05, 3.63) is 34.8 Å². The van der Waals surface area contributed by atoms with E-state index in [1.54, 1.807) is 6.33 Å². The first-order chi connectivity index (χ1) is 10.1. The summed E-state index contributed by atoms with van der Waals surface area (Å²) in [5, 5.41) is 11.2. The predicted octanol–water partition coefficient (Wildman–Crippen LogP) is 4.02. The van der Waals surface area contributed by atoms with E-state index in [9.17, 15) is 0 Å². The number of aromatic nitrogens is 5. The molecule has 0 saturated carbocycles. The smallest absolute Gasteiger partial charge is 0.197 e. The number of benzene rings is 1. The van der Waals surface area contributed by atoms with E-state index in [-0.39, 0.29) is 0 Å². The van der Waals surface area contributed by atoms with Crippen LogP contribution in [-0.4, -0.2) is 24.7 Å². The lowest BCUT2D eigenvalue weighted by molar-refractivity contribution is 0.536. The zero-order valence-electron chi connectivity index (χ0n) is 11.9. The quantitative estimate of drug-likeness (QED) is 0.657. The highest BCUT2D eigenvalue weighted by molar-refractivity contribution is 9.10. The Balaban J connectivity index is 2.08. The average molecular weight is 364 g/mol. The van der Waals surface area contributed by atoms with E-state index in [1.807, 2.05) is 25.1 Å². The van der Waals surface area contributed by atoms with E-state index in [1.165, 1.54) is 11.8 Å². The third-order valence-corrected chi connectivity index (χ3v) is 4.57. The molecule has 2 aromatic heterocycles. The molecule has 0 unspecified atom stereocenters. The van der Waals surface area contributed by atoms with Gasteiger partial charge in [0, 0.05) is 15.9 Å². The highest BCUT2D eigenvalue weighted by atomic mass is 79.9. The van der Waals surface area contributed by atoms with Gasteiger partial charge in [-0.1, -0.05) is 15.9 Å². The van der Waals surface area contributed by atoms with Crippen molar-refractivity contribution in [2.45, 2.75) is 37.0 Å². The largest absolute Gasteiger partial charge is 0.303 e. The minimum atomic E-state index is 0.308. The maximum atomic E-state index is 4.40. The molecule has 0 aliphatic carbocycles. The van der Waals surface area contributed by atoms with Crippen LogP contribution in [-0.2, 0) is 0 Å². The summed E-state index contributed by atoms with van der Waals surface area (Å²) in [5.41, 5.74) is 0.919. The van der Waals surface area contributed by atoms with Crippen LogP contribution in [0, 0.1) is 6.92 Å². The van der Waals surface area contributed by atoms with Gasteiger partial charge in [0.2, 0.25) is 0 Å². The normalized spacial score (nSPS) is 11.5. The zero-order chi connectivity index (χ0) is 15.0. The number of hydrogen-bond donors (Lipinski definition) is 0. The van der Waals surface area contributed by atoms with Crippen LogP contribution in [0.4, 0.5) is 0 Å². The number of fused-ring (bicyclic) bond motifs is 1. The molecule has 2 heterocycles. The van der Waals surface area contributed by atoms with Crippen molar-refractivity contribution in [2.24, 2.45) is 0 Å². The van der Waals surface area contributed by atoms with Crippen LogP contribution >= 0.6 is 27.7 Å². The molecular weight excluding hydrogens is 350 g/mol. The molecule has 108 valence electrons. The van der Waals surface area contributed by atoms with Crippen molar-refractivity contribution >= 4 is 38.6 Å². The third kappa shape index (κ3) is 2.80. The van der Waals surface area contributed by atoms with E-state index >= 15 is 0 Å². The molecule has 0 bridgehead atoms. The second-order valence-electron chi connectivity index (χ2n) is 4.94. The van der Waals surface area contributed by atoms with Crippen LogP contribution in [0.25, 0.3) is 10.9 Å². The van der Waals surface area contributed by atoms with Crippen molar-refractivity contribution in [1.29, 1.82) is 0 Å². The molecule has 7 heteroatoms. The lowest BCUT2D eigenvalue weighted by atomic mass is 10.2. The molecule has 0 amide bonds. The highest BCUT2D eigenvalue weighted by Crippen LogP contribution is 2.32. The van der Waals surface area contributed by atoms with Crippen molar-refractivity contribution < 1.29 is 0 Å². The summed E-state index contributed by atoms with van der Waals surface area (Å²) in [5.74, 6) is 0.909. The summed E-state index contributed by atoms with van der Waals surface area (Å²) in [6.07, 6.45) is 1.58. The molecule has 1 aromatic carbocycles. The van der Waals surface area contributed by atoms with Gasteiger partial charge < -0.3 is 4.57 Å². The van der Waals surface area contributed by atoms with E-state index in [0.717, 1.165) is 31.4 Å². The van der Waals surface area contributed by atoms with Gasteiger partial charge in [-0.2, -0.15) is 0 Å². The van der Waals surface area contributed by atoms with Gasteiger partial charge in [-0.3, -0.25) is 0 Å². The van der Waals surface area contributed by atoms with Gasteiger partial charge in [0.25, 0.3) is 0 Å². The summed E-state index contributed by atoms with van der Waals surface area (Å²) in [7, 11) is 0. The van der Waals surface area contributed by atoms with E-state index < -0.39 is 0 Å². The SMILES string of the molecule is Cc1nnc(Sc2ncnc3ccc(Br)cc23)n1C(C)C. The van der Waals surface area contributed by atoms with Crippen LogP contribution in [0.5, 0.6) is 0 Å². The number of rotatable bonds is 3. The van der Waals surface area contributed by atoms with Crippen LogP contribution in [0.15, 0.2) is 39.2 Å². The van der Waals surface area contributed by atoms with Crippen molar-refractivity contribution in [1.82, 2.24) is 24.7 Å². The number of aryl methyl sites for hydroxylation is 1. The third-order valence-electron chi connectivity index (χ3n) is 3.10. The van der Waals surface area contributed by atoms with Gasteiger partial charge in [0.1, 0.15) is 17.2 Å². The molecule has 0 fully saturated rings. The summed E-state index contributed by atoms with van der Waals surface area (Å²) in [6, 6.07) is 6.29. The monoisotopic (exact) mass is 363 g/mol. The van der Waals surface area contributed by atoms with Crippen LogP contribution in [0.1, 0.15) is 25.7 Å². The molecule has 21 heavy (non-hydrogen) atoms. The molecule has 0 spiro atoms. The van der Waals surface area contributed by atoms with Gasteiger partial charge in [0.05, 0.1) is 5.52 Å². The fourth-order valence-corrected chi connectivity index (χ4v) is 3.62. The molecule has 0 radical (unpaired) electrons. The predicted molar refractivity (Wildman–Crippen MR) is 86.5 cm³/mol. The van der Waals surface area contributed by atoms with Gasteiger partial charge in [-0.15, -0.1) is 10.2 Å². The summed E-state index contributed by atoms with van der Waals surface area (Å²) >= 11 is 5.01. The molecule has 0 aliphatic rings. The van der Waals surface area contributed by atoms with Gasteiger partial charge in [-0.05, 0) is 50.7 Å². The van der Waals surface area contributed by atoms with E-state index in [2.05, 4.69) is 54.5 Å². The first-order valence-corrected chi connectivity index (χ1v) is 8.17. The summed E-state index contributed by atoms with van der Waals surface area (Å²) in [4.78, 5) is 8.70. The van der Waals surface area contributed by atoms with Gasteiger partial charge >= 0.3 is 0 Å². The Labute approximate surface area is 135 Å². The molecule has 5 nitrogen and oxygen atoms in total. The van der Waals surface area contributed by atoms with Crippen LogP contribution in [0.3, 0.4) is 0 Å². The van der Waals surface area contributed by atoms with E-state index in [0.29, 0.717) is 6.04 Å². The zero-order valence-corrected chi connectivity index (χ0v) is 14.3. The van der Waals surface area contributed by atoms with Crippen LogP contribution < -0.4 is 0 Å². The minimum Gasteiger partial charge on any atom is -0.303 e. The van der Waals surface area contributed by atoms with Gasteiger partial charge in [-0.25, -0.2) is 9.97 Å². The average Bonchev–Trinajstić information content (AvgIpc) is 2.80. The fraction of sp³-hybridized carbons (Fsp3) is 0.286.